The first-order valence-corrected chi connectivity index (χ1v) is 7.90. The average molecular weight is 345 g/mol. The topological polar surface area (TPSA) is 12.0 Å². The van der Waals surface area contributed by atoms with Crippen LogP contribution < -0.4 is 5.32 Å². The zero-order chi connectivity index (χ0) is 13.1. The van der Waals surface area contributed by atoms with E-state index in [0.29, 0.717) is 0 Å². The van der Waals surface area contributed by atoms with Crippen LogP contribution in [0.5, 0.6) is 0 Å². The van der Waals surface area contributed by atoms with Gasteiger partial charge < -0.3 is 5.32 Å². The molecule has 0 saturated carbocycles. The molecule has 0 saturated heterocycles. The summed E-state index contributed by atoms with van der Waals surface area (Å²) in [5, 5.41) is 6.37. The maximum Gasteiger partial charge on any atom is 0.0686 e. The van der Waals surface area contributed by atoms with Crippen molar-refractivity contribution in [3.05, 3.63) is 55.1 Å². The minimum absolute atomic E-state index is 0.165. The Morgan fingerprint density at radius 3 is 2.72 bits per heavy atom. The van der Waals surface area contributed by atoms with Crippen LogP contribution in [0.2, 0.25) is 5.02 Å². The van der Waals surface area contributed by atoms with E-state index < -0.39 is 0 Å². The molecule has 0 spiro atoms. The molecule has 2 aromatic rings. The fourth-order valence-corrected chi connectivity index (χ4v) is 3.90. The fourth-order valence-electron chi connectivity index (χ4n) is 2.01. The number of nitrogens with one attached hydrogen (secondary N) is 1. The predicted octanol–water partition coefficient (Wildman–Crippen LogP) is 5.17. The van der Waals surface area contributed by atoms with E-state index >= 15 is 0 Å². The lowest BCUT2D eigenvalue weighted by atomic mass is 10.0. The largest absolute Gasteiger partial charge is 0.306 e. The fraction of sp³-hybridized carbons (Fsp3) is 0.286. The van der Waals surface area contributed by atoms with E-state index in [2.05, 4.69) is 53.3 Å². The number of thiophene rings is 1. The minimum atomic E-state index is 0.165. The van der Waals surface area contributed by atoms with Crippen LogP contribution in [0.1, 0.15) is 29.0 Å². The van der Waals surface area contributed by atoms with E-state index in [1.54, 1.807) is 11.3 Å². The maximum atomic E-state index is 6.26. The first kappa shape index (κ1) is 14.1. The summed E-state index contributed by atoms with van der Waals surface area (Å²) in [4.78, 5) is 1.18. The molecule has 0 aliphatic heterocycles. The van der Waals surface area contributed by atoms with Gasteiger partial charge >= 0.3 is 0 Å². The Balaban J connectivity index is 2.44. The normalized spacial score (nSPS) is 12.7. The second kappa shape index (κ2) is 6.20. The Labute approximate surface area is 125 Å². The molecule has 4 heteroatoms. The molecule has 2 rings (SSSR count). The standard InChI is InChI=1S/C14H15BrClNS/c1-3-17-13(14-12(16)4-5-18-14)10-6-9(2)7-11(15)8-10/h4-8,13,17H,3H2,1-2H3. The summed E-state index contributed by atoms with van der Waals surface area (Å²) >= 11 is 11.5. The van der Waals surface area contributed by atoms with Gasteiger partial charge in [-0.2, -0.15) is 0 Å². The van der Waals surface area contributed by atoms with Gasteiger partial charge in [0.05, 0.1) is 11.1 Å². The second-order valence-corrected chi connectivity index (χ2v) is 6.46. The van der Waals surface area contributed by atoms with Crippen molar-refractivity contribution >= 4 is 38.9 Å². The molecular formula is C14H15BrClNS. The zero-order valence-electron chi connectivity index (χ0n) is 10.3. The molecule has 1 unspecified atom stereocenters. The van der Waals surface area contributed by atoms with Gasteiger partial charge in [-0.1, -0.05) is 40.5 Å². The third kappa shape index (κ3) is 3.15. The molecule has 0 amide bonds. The van der Waals surface area contributed by atoms with Crippen molar-refractivity contribution in [2.24, 2.45) is 0 Å². The number of hydrogen-bond donors (Lipinski definition) is 1. The van der Waals surface area contributed by atoms with Crippen LogP contribution in [-0.4, -0.2) is 6.54 Å². The van der Waals surface area contributed by atoms with E-state index in [-0.39, 0.29) is 6.04 Å². The Kier molecular flexibility index (Phi) is 4.84. The van der Waals surface area contributed by atoms with Gasteiger partial charge in [-0.05, 0) is 48.2 Å². The second-order valence-electron chi connectivity index (χ2n) is 4.19. The minimum Gasteiger partial charge on any atom is -0.306 e. The van der Waals surface area contributed by atoms with Crippen molar-refractivity contribution < 1.29 is 0 Å². The Hall–Kier alpha value is -0.350. The van der Waals surface area contributed by atoms with Crippen LogP contribution in [0, 0.1) is 6.92 Å². The Morgan fingerprint density at radius 1 is 1.39 bits per heavy atom. The van der Waals surface area contributed by atoms with Gasteiger partial charge in [0.1, 0.15) is 0 Å². The molecule has 0 aliphatic rings. The molecule has 0 radical (unpaired) electrons. The van der Waals surface area contributed by atoms with E-state index in [4.69, 9.17) is 11.6 Å². The molecule has 1 aromatic heterocycles. The lowest BCUT2D eigenvalue weighted by molar-refractivity contribution is 0.639. The van der Waals surface area contributed by atoms with Gasteiger partial charge in [-0.15, -0.1) is 11.3 Å². The van der Waals surface area contributed by atoms with Gasteiger partial charge in [0.2, 0.25) is 0 Å². The van der Waals surface area contributed by atoms with Crippen LogP contribution >= 0.6 is 38.9 Å². The molecule has 1 N–H and O–H groups in total. The summed E-state index contributed by atoms with van der Waals surface area (Å²) in [7, 11) is 0. The van der Waals surface area contributed by atoms with Gasteiger partial charge in [-0.3, -0.25) is 0 Å². The average Bonchev–Trinajstić information content (AvgIpc) is 2.71. The molecule has 0 aliphatic carbocycles. The van der Waals surface area contributed by atoms with Crippen LogP contribution in [0.3, 0.4) is 0 Å². The van der Waals surface area contributed by atoms with Gasteiger partial charge in [0.15, 0.2) is 0 Å². The number of rotatable bonds is 4. The van der Waals surface area contributed by atoms with Gasteiger partial charge in [0.25, 0.3) is 0 Å². The number of hydrogen-bond acceptors (Lipinski definition) is 2. The van der Waals surface area contributed by atoms with Crippen molar-refractivity contribution in [1.82, 2.24) is 5.32 Å². The summed E-state index contributed by atoms with van der Waals surface area (Å²) in [6.07, 6.45) is 0. The Morgan fingerprint density at radius 2 is 2.17 bits per heavy atom. The summed E-state index contributed by atoms with van der Waals surface area (Å²) in [5.41, 5.74) is 2.49. The molecule has 1 atom stereocenters. The third-order valence-electron chi connectivity index (χ3n) is 2.71. The monoisotopic (exact) mass is 343 g/mol. The van der Waals surface area contributed by atoms with Crippen molar-refractivity contribution in [3.8, 4) is 0 Å². The smallest absolute Gasteiger partial charge is 0.0686 e. The van der Waals surface area contributed by atoms with Crippen molar-refractivity contribution in [1.29, 1.82) is 0 Å². The van der Waals surface area contributed by atoms with Crippen LogP contribution in [0.25, 0.3) is 0 Å². The lowest BCUT2D eigenvalue weighted by Crippen LogP contribution is -2.21. The van der Waals surface area contributed by atoms with Gasteiger partial charge in [-0.25, -0.2) is 0 Å². The molecule has 1 heterocycles. The van der Waals surface area contributed by atoms with Crippen LogP contribution in [0.4, 0.5) is 0 Å². The molecule has 96 valence electrons. The van der Waals surface area contributed by atoms with Crippen LogP contribution in [0.15, 0.2) is 34.1 Å². The van der Waals surface area contributed by atoms with Crippen LogP contribution in [-0.2, 0) is 0 Å². The van der Waals surface area contributed by atoms with E-state index in [1.807, 2.05) is 11.4 Å². The Bertz CT molecular complexity index is 518. The highest BCUT2D eigenvalue weighted by Crippen LogP contribution is 2.34. The summed E-state index contributed by atoms with van der Waals surface area (Å²) in [6, 6.07) is 8.59. The zero-order valence-corrected chi connectivity index (χ0v) is 13.5. The first-order valence-electron chi connectivity index (χ1n) is 5.85. The highest BCUT2D eigenvalue weighted by atomic mass is 79.9. The molecule has 1 aromatic carbocycles. The quantitative estimate of drug-likeness (QED) is 0.806. The summed E-state index contributed by atoms with van der Waals surface area (Å²) < 4.78 is 1.10. The van der Waals surface area contributed by atoms with E-state index in [9.17, 15) is 0 Å². The summed E-state index contributed by atoms with van der Waals surface area (Å²) in [5.74, 6) is 0. The number of halogens is 2. The highest BCUT2D eigenvalue weighted by Gasteiger charge is 2.17. The van der Waals surface area contributed by atoms with Crippen molar-refractivity contribution in [2.75, 3.05) is 6.54 Å². The van der Waals surface area contributed by atoms with Crippen molar-refractivity contribution in [2.45, 2.75) is 19.9 Å². The SMILES string of the molecule is CCNC(c1cc(C)cc(Br)c1)c1sccc1Cl. The molecule has 0 fully saturated rings. The van der Waals surface area contributed by atoms with Gasteiger partial charge in [0, 0.05) is 9.35 Å². The maximum absolute atomic E-state index is 6.26. The number of benzene rings is 1. The summed E-state index contributed by atoms with van der Waals surface area (Å²) in [6.45, 7) is 5.12. The lowest BCUT2D eigenvalue weighted by Gasteiger charge is -2.18. The molecular weight excluding hydrogens is 330 g/mol. The van der Waals surface area contributed by atoms with Crippen molar-refractivity contribution in [3.63, 3.8) is 0 Å². The van der Waals surface area contributed by atoms with E-state index in [1.165, 1.54) is 16.0 Å². The molecule has 18 heavy (non-hydrogen) atoms. The first-order chi connectivity index (χ1) is 8.61. The predicted molar refractivity (Wildman–Crippen MR) is 83.7 cm³/mol. The third-order valence-corrected chi connectivity index (χ3v) is 4.59. The molecule has 1 nitrogen and oxygen atoms in total. The number of aryl methyl sites for hydroxylation is 1. The molecule has 0 bridgehead atoms. The highest BCUT2D eigenvalue weighted by molar-refractivity contribution is 9.10. The van der Waals surface area contributed by atoms with E-state index in [0.717, 1.165) is 16.0 Å².